The van der Waals surface area contributed by atoms with Crippen LogP contribution in [0.3, 0.4) is 0 Å². The Balaban J connectivity index is 1.57. The molecule has 4 N–H and O–H groups in total. The number of benzene rings is 1. The van der Waals surface area contributed by atoms with Crippen molar-refractivity contribution in [2.45, 2.75) is 19.0 Å². The number of aromatic nitrogens is 2. The number of alkyl halides is 3. The lowest BCUT2D eigenvalue weighted by Gasteiger charge is -2.21. The smallest absolute Gasteiger partial charge is 0.383 e. The number of rotatable bonds is 5. The second kappa shape index (κ2) is 6.59. The molecule has 1 aliphatic carbocycles. The van der Waals surface area contributed by atoms with Crippen molar-refractivity contribution in [1.82, 2.24) is 14.5 Å². The predicted molar refractivity (Wildman–Crippen MR) is 99.0 cm³/mol. The summed E-state index contributed by atoms with van der Waals surface area (Å²) in [5.41, 5.74) is 10.4. The second-order valence-corrected chi connectivity index (χ2v) is 7.80. The fourth-order valence-electron chi connectivity index (χ4n) is 4.28. The Morgan fingerprint density at radius 3 is 2.71 bits per heavy atom. The first-order chi connectivity index (χ1) is 13.2. The van der Waals surface area contributed by atoms with Crippen molar-refractivity contribution < 1.29 is 13.2 Å². The van der Waals surface area contributed by atoms with Crippen molar-refractivity contribution in [3.8, 4) is 5.69 Å². The molecule has 2 aliphatic rings. The summed E-state index contributed by atoms with van der Waals surface area (Å²) in [5.74, 6) is 0.611. The average Bonchev–Trinajstić information content (AvgIpc) is 3.20. The highest BCUT2D eigenvalue weighted by Gasteiger charge is 2.58. The van der Waals surface area contributed by atoms with Crippen molar-refractivity contribution in [2.75, 3.05) is 31.9 Å². The molecule has 1 saturated carbocycles. The van der Waals surface area contributed by atoms with Crippen LogP contribution in [0.15, 0.2) is 35.3 Å². The number of nitrogens with two attached hydrogens (primary N) is 2. The van der Waals surface area contributed by atoms with Crippen molar-refractivity contribution in [3.05, 3.63) is 52.1 Å². The SMILES string of the molecule is NCC12CC1CN(CCc1ccc(-n3ccc(N)nc3=O)cc1C(F)(F)F)C2. The summed E-state index contributed by atoms with van der Waals surface area (Å²) >= 11 is 0. The fourth-order valence-corrected chi connectivity index (χ4v) is 4.28. The van der Waals surface area contributed by atoms with Gasteiger partial charge in [-0.05, 0) is 54.5 Å². The molecule has 6 nitrogen and oxygen atoms in total. The minimum Gasteiger partial charge on any atom is -0.383 e. The third-order valence-electron chi connectivity index (χ3n) is 5.98. The van der Waals surface area contributed by atoms with E-state index in [2.05, 4.69) is 9.88 Å². The summed E-state index contributed by atoms with van der Waals surface area (Å²) in [6.07, 6.45) is -1.77. The van der Waals surface area contributed by atoms with Crippen molar-refractivity contribution in [3.63, 3.8) is 0 Å². The van der Waals surface area contributed by atoms with Gasteiger partial charge in [-0.1, -0.05) is 6.07 Å². The van der Waals surface area contributed by atoms with Gasteiger partial charge in [-0.2, -0.15) is 18.2 Å². The van der Waals surface area contributed by atoms with E-state index in [1.54, 1.807) is 0 Å². The number of anilines is 1. The molecular weight excluding hydrogens is 371 g/mol. The van der Waals surface area contributed by atoms with Gasteiger partial charge in [-0.15, -0.1) is 0 Å². The maximum absolute atomic E-state index is 13.6. The van der Waals surface area contributed by atoms with Crippen LogP contribution in [0.2, 0.25) is 0 Å². The average molecular weight is 393 g/mol. The van der Waals surface area contributed by atoms with Crippen molar-refractivity contribution in [1.29, 1.82) is 0 Å². The summed E-state index contributed by atoms with van der Waals surface area (Å²) < 4.78 is 42.0. The van der Waals surface area contributed by atoms with Gasteiger partial charge in [0.2, 0.25) is 0 Å². The zero-order valence-electron chi connectivity index (χ0n) is 15.2. The number of hydrogen-bond donors (Lipinski definition) is 2. The van der Waals surface area contributed by atoms with E-state index in [0.717, 1.165) is 30.1 Å². The van der Waals surface area contributed by atoms with Crippen molar-refractivity contribution >= 4 is 5.82 Å². The summed E-state index contributed by atoms with van der Waals surface area (Å²) in [6, 6.07) is 5.31. The second-order valence-electron chi connectivity index (χ2n) is 7.80. The molecule has 0 spiro atoms. The molecule has 0 amide bonds. The number of nitrogen functional groups attached to an aromatic ring is 1. The first kappa shape index (κ1) is 18.9. The highest BCUT2D eigenvalue weighted by molar-refractivity contribution is 5.43. The standard InChI is InChI=1S/C19H22F3N5O/c20-19(21,22)15-7-14(27-6-4-16(24)25-17(27)28)2-1-12(15)3-5-26-9-13-8-18(13,10-23)11-26/h1-2,4,6-7,13H,3,5,8-11,23H2,(H2,24,25,28). The van der Waals surface area contributed by atoms with Gasteiger partial charge in [-0.3, -0.25) is 4.57 Å². The van der Waals surface area contributed by atoms with Gasteiger partial charge < -0.3 is 16.4 Å². The molecule has 9 heteroatoms. The zero-order chi connectivity index (χ0) is 20.1. The third-order valence-corrected chi connectivity index (χ3v) is 5.98. The molecule has 2 unspecified atom stereocenters. The van der Waals surface area contributed by atoms with E-state index in [-0.39, 0.29) is 28.9 Å². The lowest BCUT2D eigenvalue weighted by atomic mass is 10.0. The normalized spacial score (nSPS) is 24.4. The van der Waals surface area contributed by atoms with Gasteiger partial charge in [0, 0.05) is 25.8 Å². The van der Waals surface area contributed by atoms with Crippen LogP contribution in [0.1, 0.15) is 17.5 Å². The maximum Gasteiger partial charge on any atom is 0.416 e. The minimum atomic E-state index is -4.51. The van der Waals surface area contributed by atoms with E-state index in [9.17, 15) is 18.0 Å². The molecule has 1 aliphatic heterocycles. The van der Waals surface area contributed by atoms with Crippen molar-refractivity contribution in [2.24, 2.45) is 17.1 Å². The van der Waals surface area contributed by atoms with Gasteiger partial charge in [0.25, 0.3) is 0 Å². The molecule has 1 aromatic heterocycles. The maximum atomic E-state index is 13.6. The van der Waals surface area contributed by atoms with Gasteiger partial charge in [0.1, 0.15) is 5.82 Å². The summed E-state index contributed by atoms with van der Waals surface area (Å²) in [6.45, 7) is 2.97. The molecule has 2 aromatic rings. The van der Waals surface area contributed by atoms with Gasteiger partial charge >= 0.3 is 11.9 Å². The topological polar surface area (TPSA) is 90.2 Å². The molecule has 1 aromatic carbocycles. The fraction of sp³-hybridized carbons (Fsp3) is 0.474. The van der Waals surface area contributed by atoms with Crippen LogP contribution in [0.4, 0.5) is 19.0 Å². The number of nitrogens with zero attached hydrogens (tertiary/aromatic N) is 3. The molecule has 1 saturated heterocycles. The molecule has 0 bridgehead atoms. The predicted octanol–water partition coefficient (Wildman–Crippen LogP) is 1.66. The highest BCUT2D eigenvalue weighted by Crippen LogP contribution is 2.56. The lowest BCUT2D eigenvalue weighted by molar-refractivity contribution is -0.138. The van der Waals surface area contributed by atoms with E-state index >= 15 is 0 Å². The summed E-state index contributed by atoms with van der Waals surface area (Å²) in [5, 5.41) is 0. The Kier molecular flexibility index (Phi) is 4.46. The van der Waals surface area contributed by atoms with E-state index in [0.29, 0.717) is 19.0 Å². The molecule has 2 heterocycles. The first-order valence-corrected chi connectivity index (χ1v) is 9.20. The van der Waals surface area contributed by atoms with E-state index in [1.165, 1.54) is 24.4 Å². The Labute approximate surface area is 160 Å². The van der Waals surface area contributed by atoms with Crippen LogP contribution in [0, 0.1) is 11.3 Å². The summed E-state index contributed by atoms with van der Waals surface area (Å²) in [7, 11) is 0. The Bertz CT molecular complexity index is 953. The van der Waals surface area contributed by atoms with Gasteiger partial charge in [0.15, 0.2) is 0 Å². The third kappa shape index (κ3) is 3.40. The first-order valence-electron chi connectivity index (χ1n) is 9.20. The Morgan fingerprint density at radius 1 is 1.29 bits per heavy atom. The molecule has 28 heavy (non-hydrogen) atoms. The van der Waals surface area contributed by atoms with Gasteiger partial charge in [0.05, 0.1) is 11.3 Å². The van der Waals surface area contributed by atoms with E-state index < -0.39 is 17.4 Å². The largest absolute Gasteiger partial charge is 0.416 e. The molecule has 0 radical (unpaired) electrons. The van der Waals surface area contributed by atoms with Crippen LogP contribution in [-0.2, 0) is 12.6 Å². The highest BCUT2D eigenvalue weighted by atomic mass is 19.4. The number of likely N-dealkylation sites (tertiary alicyclic amines) is 1. The van der Waals surface area contributed by atoms with Crippen LogP contribution < -0.4 is 17.2 Å². The van der Waals surface area contributed by atoms with Crippen LogP contribution >= 0.6 is 0 Å². The number of hydrogen-bond acceptors (Lipinski definition) is 5. The molecule has 150 valence electrons. The lowest BCUT2D eigenvalue weighted by Crippen LogP contribution is -2.30. The molecule has 2 atom stereocenters. The zero-order valence-corrected chi connectivity index (χ0v) is 15.2. The van der Waals surface area contributed by atoms with E-state index in [4.69, 9.17) is 11.5 Å². The molecule has 2 fully saturated rings. The molecular formula is C19H22F3N5O. The van der Waals surface area contributed by atoms with Crippen LogP contribution in [-0.4, -0.2) is 40.6 Å². The van der Waals surface area contributed by atoms with E-state index in [1.807, 2.05) is 0 Å². The molecule has 4 rings (SSSR count). The number of piperidine rings is 1. The van der Waals surface area contributed by atoms with Gasteiger partial charge in [-0.25, -0.2) is 4.79 Å². The number of halogens is 3. The Hall–Kier alpha value is -2.39. The monoisotopic (exact) mass is 393 g/mol. The Morgan fingerprint density at radius 2 is 2.07 bits per heavy atom. The quantitative estimate of drug-likeness (QED) is 0.806. The summed E-state index contributed by atoms with van der Waals surface area (Å²) in [4.78, 5) is 17.7. The minimum absolute atomic E-state index is 0.0211. The van der Waals surface area contributed by atoms with Crippen LogP contribution in [0.25, 0.3) is 5.69 Å². The van der Waals surface area contributed by atoms with Crippen LogP contribution in [0.5, 0.6) is 0 Å². The number of fused-ring (bicyclic) bond motifs is 1.